The Morgan fingerprint density at radius 3 is 2.50 bits per heavy atom. The summed E-state index contributed by atoms with van der Waals surface area (Å²) in [6, 6.07) is 11.1. The standard InChI is InChI=1S/C22H20F3NO4/c1-3-13-29-19-10-7-16(8-11-19)9-12-20(27)30-15(2)21(28)26-18-6-4-5-17(14-18)22(23,24)25/h3-12,14-15H,1,13H2,2H3,(H,26,28)/b12-9+. The van der Waals surface area contributed by atoms with Gasteiger partial charge in [-0.05, 0) is 48.9 Å². The van der Waals surface area contributed by atoms with Gasteiger partial charge in [0.15, 0.2) is 6.10 Å². The molecule has 8 heteroatoms. The van der Waals surface area contributed by atoms with Gasteiger partial charge in [-0.3, -0.25) is 4.79 Å². The number of benzene rings is 2. The number of alkyl halides is 3. The normalized spacial score (nSPS) is 12.3. The monoisotopic (exact) mass is 419 g/mol. The minimum Gasteiger partial charge on any atom is -0.490 e. The zero-order chi connectivity index (χ0) is 22.1. The second-order valence-corrected chi connectivity index (χ2v) is 6.15. The summed E-state index contributed by atoms with van der Waals surface area (Å²) in [5, 5.41) is 2.30. The van der Waals surface area contributed by atoms with E-state index in [4.69, 9.17) is 9.47 Å². The first-order valence-electron chi connectivity index (χ1n) is 8.89. The van der Waals surface area contributed by atoms with Crippen LogP contribution in [0.2, 0.25) is 0 Å². The van der Waals surface area contributed by atoms with Crippen molar-refractivity contribution >= 4 is 23.6 Å². The first-order chi connectivity index (χ1) is 14.2. The Balaban J connectivity index is 1.89. The summed E-state index contributed by atoms with van der Waals surface area (Å²) in [7, 11) is 0. The molecule has 2 rings (SSSR count). The SMILES string of the molecule is C=CCOc1ccc(/C=C/C(=O)OC(C)C(=O)Nc2cccc(C(F)(F)F)c2)cc1. The Bertz CT molecular complexity index is 921. The first kappa shape index (κ1) is 22.7. The van der Waals surface area contributed by atoms with E-state index in [1.807, 2.05) is 0 Å². The molecule has 2 aromatic rings. The van der Waals surface area contributed by atoms with Crippen molar-refractivity contribution in [1.82, 2.24) is 0 Å². The summed E-state index contributed by atoms with van der Waals surface area (Å²) >= 11 is 0. The molecule has 2 aromatic carbocycles. The molecule has 30 heavy (non-hydrogen) atoms. The molecule has 0 fully saturated rings. The van der Waals surface area contributed by atoms with Gasteiger partial charge in [-0.15, -0.1) is 0 Å². The first-order valence-corrected chi connectivity index (χ1v) is 8.89. The summed E-state index contributed by atoms with van der Waals surface area (Å²) in [5.41, 5.74) is -0.236. The van der Waals surface area contributed by atoms with Crippen LogP contribution >= 0.6 is 0 Å². The highest BCUT2D eigenvalue weighted by atomic mass is 19.4. The molecular formula is C22H20F3NO4. The minimum atomic E-state index is -4.53. The Labute approximate surface area is 171 Å². The third kappa shape index (κ3) is 7.12. The number of anilines is 1. The molecule has 158 valence electrons. The van der Waals surface area contributed by atoms with E-state index in [9.17, 15) is 22.8 Å². The van der Waals surface area contributed by atoms with Gasteiger partial charge in [-0.2, -0.15) is 13.2 Å². The minimum absolute atomic E-state index is 0.0490. The fourth-order valence-corrected chi connectivity index (χ4v) is 2.28. The highest BCUT2D eigenvalue weighted by Gasteiger charge is 2.30. The molecule has 0 aliphatic heterocycles. The van der Waals surface area contributed by atoms with Crippen molar-refractivity contribution in [3.63, 3.8) is 0 Å². The van der Waals surface area contributed by atoms with E-state index in [1.54, 1.807) is 30.3 Å². The average Bonchev–Trinajstić information content (AvgIpc) is 2.71. The van der Waals surface area contributed by atoms with Gasteiger partial charge in [0.25, 0.3) is 5.91 Å². The Hall–Kier alpha value is -3.55. The van der Waals surface area contributed by atoms with Gasteiger partial charge in [0, 0.05) is 11.8 Å². The summed E-state index contributed by atoms with van der Waals surface area (Å²) in [6.45, 7) is 5.25. The van der Waals surface area contributed by atoms with Gasteiger partial charge in [-0.1, -0.05) is 30.9 Å². The molecule has 0 heterocycles. The zero-order valence-electron chi connectivity index (χ0n) is 16.1. The predicted octanol–water partition coefficient (Wildman–Crippen LogP) is 4.85. The highest BCUT2D eigenvalue weighted by molar-refractivity contribution is 5.96. The molecule has 0 aromatic heterocycles. The molecule has 1 amide bonds. The molecule has 0 bridgehead atoms. The van der Waals surface area contributed by atoms with E-state index in [2.05, 4.69) is 11.9 Å². The third-order valence-electron chi connectivity index (χ3n) is 3.78. The van der Waals surface area contributed by atoms with Crippen LogP contribution in [0.4, 0.5) is 18.9 Å². The summed E-state index contributed by atoms with van der Waals surface area (Å²) in [4.78, 5) is 24.0. The van der Waals surface area contributed by atoms with Gasteiger partial charge in [0.1, 0.15) is 12.4 Å². The number of hydrogen-bond acceptors (Lipinski definition) is 4. The van der Waals surface area contributed by atoms with Gasteiger partial charge in [-0.25, -0.2) is 4.79 Å². The van der Waals surface area contributed by atoms with Crippen molar-refractivity contribution in [2.24, 2.45) is 0 Å². The lowest BCUT2D eigenvalue weighted by Crippen LogP contribution is -2.29. The maximum absolute atomic E-state index is 12.7. The number of ether oxygens (including phenoxy) is 2. The van der Waals surface area contributed by atoms with Crippen LogP contribution in [0.3, 0.4) is 0 Å². The molecule has 1 N–H and O–H groups in total. The van der Waals surface area contributed by atoms with E-state index in [0.29, 0.717) is 17.9 Å². The smallest absolute Gasteiger partial charge is 0.416 e. The molecule has 5 nitrogen and oxygen atoms in total. The van der Waals surface area contributed by atoms with E-state index >= 15 is 0 Å². The van der Waals surface area contributed by atoms with Crippen molar-refractivity contribution in [2.75, 3.05) is 11.9 Å². The van der Waals surface area contributed by atoms with Crippen LogP contribution < -0.4 is 10.1 Å². The molecule has 0 spiro atoms. The van der Waals surface area contributed by atoms with Crippen molar-refractivity contribution in [3.05, 3.63) is 78.4 Å². The largest absolute Gasteiger partial charge is 0.490 e. The van der Waals surface area contributed by atoms with E-state index in [0.717, 1.165) is 18.2 Å². The van der Waals surface area contributed by atoms with Crippen molar-refractivity contribution in [2.45, 2.75) is 19.2 Å². The lowest BCUT2D eigenvalue weighted by atomic mass is 10.2. The molecule has 0 aliphatic rings. The number of nitrogens with one attached hydrogen (secondary N) is 1. The van der Waals surface area contributed by atoms with Gasteiger partial charge in [0.05, 0.1) is 5.56 Å². The molecule has 1 unspecified atom stereocenters. The van der Waals surface area contributed by atoms with Gasteiger partial charge >= 0.3 is 12.1 Å². The predicted molar refractivity (Wildman–Crippen MR) is 107 cm³/mol. The average molecular weight is 419 g/mol. The summed E-state index contributed by atoms with van der Waals surface area (Å²) in [6.07, 6.45) is -1.47. The van der Waals surface area contributed by atoms with Crippen LogP contribution in [0.5, 0.6) is 5.75 Å². The van der Waals surface area contributed by atoms with Crippen LogP contribution in [-0.2, 0) is 20.5 Å². The van der Waals surface area contributed by atoms with Crippen LogP contribution in [0.1, 0.15) is 18.1 Å². The number of carbonyl (C=O) groups excluding carboxylic acids is 2. The van der Waals surface area contributed by atoms with Gasteiger partial charge in [0.2, 0.25) is 0 Å². The van der Waals surface area contributed by atoms with Crippen molar-refractivity contribution in [3.8, 4) is 5.75 Å². The van der Waals surface area contributed by atoms with Crippen LogP contribution in [0, 0.1) is 0 Å². The Morgan fingerprint density at radius 1 is 1.17 bits per heavy atom. The van der Waals surface area contributed by atoms with E-state index in [-0.39, 0.29) is 5.69 Å². The molecule has 0 saturated carbocycles. The Kier molecular flexibility index (Phi) is 7.80. The fourth-order valence-electron chi connectivity index (χ4n) is 2.28. The van der Waals surface area contributed by atoms with E-state index in [1.165, 1.54) is 25.1 Å². The maximum Gasteiger partial charge on any atom is 0.416 e. The Morgan fingerprint density at radius 2 is 1.87 bits per heavy atom. The lowest BCUT2D eigenvalue weighted by molar-refractivity contribution is -0.148. The number of carbonyl (C=O) groups is 2. The number of amides is 1. The number of rotatable bonds is 8. The summed E-state index contributed by atoms with van der Waals surface area (Å²) in [5.74, 6) is -0.872. The fraction of sp³-hybridized carbons (Fsp3) is 0.182. The molecular weight excluding hydrogens is 399 g/mol. The number of hydrogen-bond donors (Lipinski definition) is 1. The zero-order valence-corrected chi connectivity index (χ0v) is 16.1. The molecule has 0 saturated heterocycles. The third-order valence-corrected chi connectivity index (χ3v) is 3.78. The quantitative estimate of drug-likeness (QED) is 0.377. The van der Waals surface area contributed by atoms with Gasteiger partial charge < -0.3 is 14.8 Å². The van der Waals surface area contributed by atoms with Crippen LogP contribution in [0.25, 0.3) is 6.08 Å². The molecule has 1 atom stereocenters. The highest BCUT2D eigenvalue weighted by Crippen LogP contribution is 2.30. The lowest BCUT2D eigenvalue weighted by Gasteiger charge is -2.13. The molecule has 0 radical (unpaired) electrons. The topological polar surface area (TPSA) is 64.6 Å². The van der Waals surface area contributed by atoms with Crippen molar-refractivity contribution in [1.29, 1.82) is 0 Å². The van der Waals surface area contributed by atoms with Crippen LogP contribution in [0.15, 0.2) is 67.3 Å². The van der Waals surface area contributed by atoms with Crippen molar-refractivity contribution < 1.29 is 32.2 Å². The number of esters is 1. The number of halogens is 3. The maximum atomic E-state index is 12.7. The molecule has 0 aliphatic carbocycles. The summed E-state index contributed by atoms with van der Waals surface area (Å²) < 4.78 is 48.5. The van der Waals surface area contributed by atoms with E-state index < -0.39 is 29.7 Å². The second kappa shape index (κ2) is 10.3. The second-order valence-electron chi connectivity index (χ2n) is 6.15. The van der Waals surface area contributed by atoms with Crippen LogP contribution in [-0.4, -0.2) is 24.6 Å².